The Morgan fingerprint density at radius 1 is 1.08 bits per heavy atom. The normalized spacial score (nSPS) is 32.1. The van der Waals surface area contributed by atoms with Gasteiger partial charge in [0.1, 0.15) is 5.56 Å². The number of fused-ring (bicyclic) bond motifs is 1. The molecule has 0 saturated heterocycles. The predicted molar refractivity (Wildman–Crippen MR) is 145 cm³/mol. The summed E-state index contributed by atoms with van der Waals surface area (Å²) in [5, 5.41) is -5.84. The smallest absolute Gasteiger partial charge is 0.396 e. The highest BCUT2D eigenvalue weighted by Crippen LogP contribution is 2.66. The van der Waals surface area contributed by atoms with Crippen LogP contribution >= 0.6 is 67.8 Å². The van der Waals surface area contributed by atoms with Gasteiger partial charge in [-0.25, -0.2) is 13.2 Å². The summed E-state index contributed by atoms with van der Waals surface area (Å²) in [5.41, 5.74) is -0.762. The Morgan fingerprint density at radius 3 is 2.26 bits per heavy atom. The fourth-order valence-corrected chi connectivity index (χ4v) is 9.46. The lowest BCUT2D eigenvalue weighted by atomic mass is 9.47. The van der Waals surface area contributed by atoms with E-state index in [0.717, 1.165) is 7.14 Å². The highest BCUT2D eigenvalue weighted by atomic mass is 127. The van der Waals surface area contributed by atoms with Crippen molar-refractivity contribution in [2.24, 2.45) is 23.2 Å². The third-order valence-corrected chi connectivity index (χ3v) is 12.7. The quantitative estimate of drug-likeness (QED) is 0.125. The van der Waals surface area contributed by atoms with E-state index in [-0.39, 0.29) is 30.6 Å². The molecule has 38 heavy (non-hydrogen) atoms. The Labute approximate surface area is 255 Å². The summed E-state index contributed by atoms with van der Waals surface area (Å²) >= 11 is 6.27. The predicted octanol–water partition coefficient (Wildman–Crippen LogP) is 5.28. The van der Waals surface area contributed by atoms with Crippen LogP contribution in [0.4, 0.5) is 17.6 Å². The standard InChI is InChI=1S/C22H19F4I3O8S/c23-20(24,22(25,26)38(32,33)34)1-2-35-18(31)19-6-9-3-10(7-19)21(11(4-9)8-19)36-16-13(28)5-12(27)15(29)14(16)17(30)37-21/h5,9-11H,1-4,6-8H2,(H,32,33,34)/p-1. The molecule has 0 N–H and O–H groups in total. The molecule has 1 heterocycles. The van der Waals surface area contributed by atoms with Crippen molar-refractivity contribution in [3.05, 3.63) is 22.3 Å². The molecule has 8 nitrogen and oxygen atoms in total. The maximum atomic E-state index is 13.8. The first-order chi connectivity index (χ1) is 17.4. The Bertz CT molecular complexity index is 1320. The molecule has 6 rings (SSSR count). The number of esters is 2. The first kappa shape index (κ1) is 29.3. The van der Waals surface area contributed by atoms with Gasteiger partial charge in [-0.15, -0.1) is 0 Å². The fraction of sp³-hybridized carbons (Fsp3) is 0.636. The summed E-state index contributed by atoms with van der Waals surface area (Å²) in [6, 6.07) is 1.89. The zero-order chi connectivity index (χ0) is 28.1. The number of hydrogen-bond acceptors (Lipinski definition) is 8. The third-order valence-electron chi connectivity index (χ3n) is 7.99. The summed E-state index contributed by atoms with van der Waals surface area (Å²) < 4.78 is 106. The molecule has 4 fully saturated rings. The van der Waals surface area contributed by atoms with E-state index < -0.39 is 57.5 Å². The summed E-state index contributed by atoms with van der Waals surface area (Å²) in [6.45, 7) is -1.20. The van der Waals surface area contributed by atoms with Gasteiger partial charge >= 0.3 is 23.1 Å². The van der Waals surface area contributed by atoms with Crippen molar-refractivity contribution in [3.8, 4) is 5.75 Å². The lowest BCUT2D eigenvalue weighted by Crippen LogP contribution is -2.67. The Kier molecular flexibility index (Phi) is 7.24. The summed E-state index contributed by atoms with van der Waals surface area (Å²) in [4.78, 5) is 26.3. The lowest BCUT2D eigenvalue weighted by Gasteiger charge is -2.62. The largest absolute Gasteiger partial charge is 0.743 e. The lowest BCUT2D eigenvalue weighted by molar-refractivity contribution is -0.294. The van der Waals surface area contributed by atoms with Gasteiger partial charge in [-0.1, -0.05) is 0 Å². The van der Waals surface area contributed by atoms with E-state index in [1.807, 2.05) is 6.07 Å². The van der Waals surface area contributed by atoms with Crippen molar-refractivity contribution in [2.45, 2.75) is 55.5 Å². The zero-order valence-electron chi connectivity index (χ0n) is 19.1. The minimum absolute atomic E-state index is 0.0571. The van der Waals surface area contributed by atoms with Crippen LogP contribution in [-0.2, 0) is 24.4 Å². The SMILES string of the molecule is O=C1OC2(Oc3c(I)cc(I)c(I)c31)C1CC3CC2CC(C(=O)OCCC(F)(F)C(F)(F)S(=O)(=O)[O-])(C3)C1. The van der Waals surface area contributed by atoms with Gasteiger partial charge in [-0.2, -0.15) is 17.6 Å². The molecule has 4 aliphatic carbocycles. The van der Waals surface area contributed by atoms with Gasteiger partial charge in [0.05, 0.1) is 22.0 Å². The average molecular weight is 899 g/mol. The molecule has 16 heteroatoms. The number of carbonyl (C=O) groups excluding carboxylic acids is 2. The van der Waals surface area contributed by atoms with Gasteiger partial charge in [0.25, 0.3) is 5.79 Å². The zero-order valence-corrected chi connectivity index (χ0v) is 26.4. The molecule has 1 aromatic carbocycles. The molecular weight excluding hydrogens is 881 g/mol. The van der Waals surface area contributed by atoms with Crippen LogP contribution in [0, 0.1) is 33.9 Å². The van der Waals surface area contributed by atoms with Crippen LogP contribution in [0.15, 0.2) is 6.07 Å². The van der Waals surface area contributed by atoms with Gasteiger partial charge in [0.2, 0.25) is 0 Å². The van der Waals surface area contributed by atoms with Gasteiger partial charge in [0.15, 0.2) is 15.9 Å². The topological polar surface area (TPSA) is 119 Å². The maximum Gasteiger partial charge on any atom is 0.396 e. The Hall–Kier alpha value is -0.220. The van der Waals surface area contributed by atoms with E-state index in [0.29, 0.717) is 34.1 Å². The van der Waals surface area contributed by atoms with Crippen LogP contribution in [0.2, 0.25) is 0 Å². The molecule has 4 saturated carbocycles. The van der Waals surface area contributed by atoms with Gasteiger partial charge in [-0.05, 0) is 112 Å². The Morgan fingerprint density at radius 2 is 1.68 bits per heavy atom. The van der Waals surface area contributed by atoms with E-state index in [9.17, 15) is 40.1 Å². The van der Waals surface area contributed by atoms with Gasteiger partial charge in [0, 0.05) is 19.0 Å². The molecule has 0 aromatic heterocycles. The van der Waals surface area contributed by atoms with Crippen LogP contribution in [0.5, 0.6) is 5.75 Å². The maximum absolute atomic E-state index is 13.8. The van der Waals surface area contributed by atoms with Gasteiger partial charge in [-0.3, -0.25) is 4.79 Å². The number of rotatable bonds is 6. The minimum atomic E-state index is -6.63. The van der Waals surface area contributed by atoms with Crippen molar-refractivity contribution in [3.63, 3.8) is 0 Å². The van der Waals surface area contributed by atoms with Crippen LogP contribution in [0.25, 0.3) is 0 Å². The molecule has 2 atom stereocenters. The highest BCUT2D eigenvalue weighted by Gasteiger charge is 2.70. The number of alkyl halides is 4. The van der Waals surface area contributed by atoms with Crippen molar-refractivity contribution in [1.82, 2.24) is 0 Å². The van der Waals surface area contributed by atoms with Gasteiger partial charge < -0.3 is 18.8 Å². The summed E-state index contributed by atoms with van der Waals surface area (Å²) in [5.74, 6) is -8.19. The van der Waals surface area contributed by atoms with E-state index in [2.05, 4.69) is 67.8 Å². The monoisotopic (exact) mass is 899 g/mol. The summed E-state index contributed by atoms with van der Waals surface area (Å²) in [7, 11) is -6.63. The molecule has 210 valence electrons. The second-order valence-corrected chi connectivity index (χ2v) is 15.1. The highest BCUT2D eigenvalue weighted by molar-refractivity contribution is 14.1. The molecule has 2 unspecified atom stereocenters. The minimum Gasteiger partial charge on any atom is -0.743 e. The number of hydrogen-bond donors (Lipinski definition) is 0. The van der Waals surface area contributed by atoms with Crippen molar-refractivity contribution in [1.29, 1.82) is 0 Å². The molecule has 5 aliphatic rings. The average Bonchev–Trinajstić information content (AvgIpc) is 2.79. The molecule has 4 bridgehead atoms. The molecule has 1 aliphatic heterocycles. The number of carbonyl (C=O) groups is 2. The van der Waals surface area contributed by atoms with Crippen LogP contribution < -0.4 is 4.74 Å². The number of halogens is 7. The van der Waals surface area contributed by atoms with Crippen molar-refractivity contribution >= 4 is 89.8 Å². The van der Waals surface area contributed by atoms with E-state index in [1.165, 1.54) is 0 Å². The van der Waals surface area contributed by atoms with E-state index in [1.54, 1.807) is 0 Å². The number of ether oxygens (including phenoxy) is 3. The molecule has 0 amide bonds. The van der Waals surface area contributed by atoms with Crippen molar-refractivity contribution < 1.29 is 54.3 Å². The summed E-state index contributed by atoms with van der Waals surface area (Å²) in [6.07, 6.45) is 0.142. The molecular formula is C22H18F4I3O8S-. The van der Waals surface area contributed by atoms with Crippen molar-refractivity contribution in [2.75, 3.05) is 6.61 Å². The molecule has 0 radical (unpaired) electrons. The molecule has 1 spiro atoms. The number of benzene rings is 1. The first-order valence-electron chi connectivity index (χ1n) is 11.4. The second-order valence-electron chi connectivity index (χ2n) is 10.3. The second kappa shape index (κ2) is 9.40. The first-order valence-corrected chi connectivity index (χ1v) is 16.1. The Balaban J connectivity index is 1.34. The van der Waals surface area contributed by atoms with Crippen LogP contribution in [0.3, 0.4) is 0 Å². The van der Waals surface area contributed by atoms with E-state index in [4.69, 9.17) is 14.2 Å². The fourth-order valence-electron chi connectivity index (χ4n) is 6.50. The molecule has 1 aromatic rings. The van der Waals surface area contributed by atoms with E-state index >= 15 is 0 Å². The van der Waals surface area contributed by atoms with Crippen LogP contribution in [0.1, 0.15) is 48.9 Å². The van der Waals surface area contributed by atoms with Crippen LogP contribution in [-0.4, -0.2) is 48.5 Å². The third kappa shape index (κ3) is 4.35.